The maximum Gasteiger partial charge on any atom is 0.240 e. The lowest BCUT2D eigenvalue weighted by Crippen LogP contribution is -2.57. The standard InChI is InChI=1S/C17H28N2O2S/c1-11(2)15-10-7-13(4)17(16(15)18)19-22(20,21)14-8-5-12(3)6-9-14/h5-6,8-9,11,13,15-17,19H,7,10,18H2,1-4H3/t13-,15+,16-,17-/m1/s1. The second kappa shape index (κ2) is 6.69. The highest BCUT2D eigenvalue weighted by atomic mass is 32.2. The molecule has 0 saturated heterocycles. The molecule has 0 aliphatic heterocycles. The summed E-state index contributed by atoms with van der Waals surface area (Å²) in [6.07, 6.45) is 2.08. The van der Waals surface area contributed by atoms with Gasteiger partial charge in [-0.15, -0.1) is 0 Å². The van der Waals surface area contributed by atoms with E-state index >= 15 is 0 Å². The number of hydrogen-bond acceptors (Lipinski definition) is 3. The molecule has 22 heavy (non-hydrogen) atoms. The highest BCUT2D eigenvalue weighted by Gasteiger charge is 2.38. The Kier molecular flexibility index (Phi) is 5.30. The van der Waals surface area contributed by atoms with E-state index in [4.69, 9.17) is 5.73 Å². The van der Waals surface area contributed by atoms with Crippen molar-refractivity contribution >= 4 is 10.0 Å². The van der Waals surface area contributed by atoms with Crippen LogP contribution in [0.4, 0.5) is 0 Å². The summed E-state index contributed by atoms with van der Waals surface area (Å²) in [7, 11) is -3.52. The van der Waals surface area contributed by atoms with E-state index in [2.05, 4.69) is 25.5 Å². The molecule has 0 bridgehead atoms. The molecule has 4 nitrogen and oxygen atoms in total. The van der Waals surface area contributed by atoms with Gasteiger partial charge in [-0.3, -0.25) is 0 Å². The molecule has 1 aromatic carbocycles. The van der Waals surface area contributed by atoms with Gasteiger partial charge in [-0.2, -0.15) is 0 Å². The summed E-state index contributed by atoms with van der Waals surface area (Å²) in [6, 6.07) is 6.59. The first-order valence-corrected chi connectivity index (χ1v) is 9.55. The monoisotopic (exact) mass is 324 g/mol. The minimum atomic E-state index is -3.52. The minimum Gasteiger partial charge on any atom is -0.326 e. The molecule has 124 valence electrons. The van der Waals surface area contributed by atoms with Crippen LogP contribution in [0.2, 0.25) is 0 Å². The van der Waals surface area contributed by atoms with Gasteiger partial charge in [-0.1, -0.05) is 38.5 Å². The lowest BCUT2D eigenvalue weighted by Gasteiger charge is -2.42. The number of rotatable bonds is 4. The molecule has 1 fully saturated rings. The van der Waals surface area contributed by atoms with Gasteiger partial charge in [-0.25, -0.2) is 13.1 Å². The number of aryl methyl sites for hydroxylation is 1. The van der Waals surface area contributed by atoms with Gasteiger partial charge < -0.3 is 5.73 Å². The van der Waals surface area contributed by atoms with Crippen molar-refractivity contribution in [2.75, 3.05) is 0 Å². The summed E-state index contributed by atoms with van der Waals surface area (Å²) < 4.78 is 28.1. The molecular weight excluding hydrogens is 296 g/mol. The van der Waals surface area contributed by atoms with Crippen molar-refractivity contribution in [3.05, 3.63) is 29.8 Å². The van der Waals surface area contributed by atoms with E-state index in [0.717, 1.165) is 18.4 Å². The summed E-state index contributed by atoms with van der Waals surface area (Å²) in [4.78, 5) is 0.309. The van der Waals surface area contributed by atoms with Crippen molar-refractivity contribution in [3.63, 3.8) is 0 Å². The SMILES string of the molecule is Cc1ccc(S(=O)(=O)N[C@H]2[C@H](N)[C@H](C(C)C)CC[C@H]2C)cc1. The molecular formula is C17H28N2O2S. The molecule has 0 heterocycles. The Morgan fingerprint density at radius 1 is 1.18 bits per heavy atom. The number of sulfonamides is 1. The van der Waals surface area contributed by atoms with E-state index in [-0.39, 0.29) is 18.0 Å². The summed E-state index contributed by atoms with van der Waals surface area (Å²) in [5.74, 6) is 1.08. The number of nitrogens with one attached hydrogen (secondary N) is 1. The Hall–Kier alpha value is -0.910. The topological polar surface area (TPSA) is 72.2 Å². The molecule has 5 heteroatoms. The van der Waals surface area contributed by atoms with E-state index in [0.29, 0.717) is 16.7 Å². The first-order chi connectivity index (χ1) is 10.2. The zero-order valence-corrected chi connectivity index (χ0v) is 14.7. The Labute approximate surface area is 134 Å². The van der Waals surface area contributed by atoms with Gasteiger partial charge >= 0.3 is 0 Å². The van der Waals surface area contributed by atoms with Crippen molar-refractivity contribution < 1.29 is 8.42 Å². The van der Waals surface area contributed by atoms with Crippen LogP contribution >= 0.6 is 0 Å². The van der Waals surface area contributed by atoms with E-state index in [1.165, 1.54) is 0 Å². The Bertz CT molecular complexity index is 596. The average Bonchev–Trinajstić information content (AvgIpc) is 2.43. The lowest BCUT2D eigenvalue weighted by atomic mass is 9.72. The van der Waals surface area contributed by atoms with Crippen molar-refractivity contribution in [2.45, 2.75) is 57.5 Å². The van der Waals surface area contributed by atoms with Crippen LogP contribution in [0.3, 0.4) is 0 Å². The van der Waals surface area contributed by atoms with E-state index in [1.54, 1.807) is 12.1 Å². The van der Waals surface area contributed by atoms with Gasteiger partial charge in [0.15, 0.2) is 0 Å². The zero-order chi connectivity index (χ0) is 16.5. The summed E-state index contributed by atoms with van der Waals surface area (Å²) in [6.45, 7) is 8.34. The summed E-state index contributed by atoms with van der Waals surface area (Å²) in [5.41, 5.74) is 7.44. The average molecular weight is 324 g/mol. The van der Waals surface area contributed by atoms with Gasteiger partial charge in [0.25, 0.3) is 0 Å². The minimum absolute atomic E-state index is 0.135. The molecule has 1 saturated carbocycles. The van der Waals surface area contributed by atoms with Gasteiger partial charge in [0, 0.05) is 12.1 Å². The Balaban J connectivity index is 2.21. The lowest BCUT2D eigenvalue weighted by molar-refractivity contribution is 0.162. The first-order valence-electron chi connectivity index (χ1n) is 8.07. The fraction of sp³-hybridized carbons (Fsp3) is 0.647. The Morgan fingerprint density at radius 3 is 2.32 bits per heavy atom. The predicted octanol–water partition coefficient (Wildman–Crippen LogP) is 2.67. The molecule has 0 aromatic heterocycles. The number of benzene rings is 1. The molecule has 0 amide bonds. The van der Waals surface area contributed by atoms with Gasteiger partial charge in [0.05, 0.1) is 4.90 Å². The second-order valence-corrected chi connectivity index (χ2v) is 8.71. The third-order valence-electron chi connectivity index (χ3n) is 4.96. The van der Waals surface area contributed by atoms with Crippen LogP contribution in [0.5, 0.6) is 0 Å². The summed E-state index contributed by atoms with van der Waals surface area (Å²) >= 11 is 0. The van der Waals surface area contributed by atoms with Crippen LogP contribution in [-0.4, -0.2) is 20.5 Å². The largest absolute Gasteiger partial charge is 0.326 e. The molecule has 0 radical (unpaired) electrons. The van der Waals surface area contributed by atoms with E-state index in [1.807, 2.05) is 19.1 Å². The van der Waals surface area contributed by atoms with E-state index in [9.17, 15) is 8.42 Å². The van der Waals surface area contributed by atoms with E-state index < -0.39 is 10.0 Å². The number of nitrogens with two attached hydrogens (primary N) is 1. The smallest absolute Gasteiger partial charge is 0.240 e. The van der Waals surface area contributed by atoms with Crippen molar-refractivity contribution in [1.29, 1.82) is 0 Å². The van der Waals surface area contributed by atoms with Gasteiger partial charge in [-0.05, 0) is 49.7 Å². The van der Waals surface area contributed by atoms with Crippen LogP contribution < -0.4 is 10.5 Å². The van der Waals surface area contributed by atoms with Gasteiger partial charge in [0.2, 0.25) is 10.0 Å². The molecule has 2 rings (SSSR count). The third kappa shape index (κ3) is 3.70. The zero-order valence-electron chi connectivity index (χ0n) is 13.9. The van der Waals surface area contributed by atoms with Crippen LogP contribution in [0.15, 0.2) is 29.2 Å². The second-order valence-electron chi connectivity index (χ2n) is 7.00. The normalized spacial score (nSPS) is 29.7. The fourth-order valence-electron chi connectivity index (χ4n) is 3.41. The van der Waals surface area contributed by atoms with Crippen LogP contribution in [0.1, 0.15) is 39.2 Å². The first kappa shape index (κ1) is 17.4. The maximum absolute atomic E-state index is 12.6. The molecule has 0 unspecified atom stereocenters. The van der Waals surface area contributed by atoms with Gasteiger partial charge in [0.1, 0.15) is 0 Å². The molecule has 3 N–H and O–H groups in total. The third-order valence-corrected chi connectivity index (χ3v) is 6.43. The maximum atomic E-state index is 12.6. The molecule has 1 aliphatic carbocycles. The number of hydrogen-bond donors (Lipinski definition) is 2. The van der Waals surface area contributed by atoms with Crippen molar-refractivity contribution in [2.24, 2.45) is 23.5 Å². The highest BCUT2D eigenvalue weighted by Crippen LogP contribution is 2.33. The highest BCUT2D eigenvalue weighted by molar-refractivity contribution is 7.89. The van der Waals surface area contributed by atoms with Crippen LogP contribution in [0, 0.1) is 24.7 Å². The van der Waals surface area contributed by atoms with Crippen molar-refractivity contribution in [1.82, 2.24) is 4.72 Å². The Morgan fingerprint density at radius 2 is 1.77 bits per heavy atom. The molecule has 4 atom stereocenters. The van der Waals surface area contributed by atoms with Crippen molar-refractivity contribution in [3.8, 4) is 0 Å². The predicted molar refractivity (Wildman–Crippen MR) is 90.0 cm³/mol. The fourth-order valence-corrected chi connectivity index (χ4v) is 4.79. The summed E-state index contributed by atoms with van der Waals surface area (Å²) in [5, 5.41) is 0. The molecule has 1 aliphatic rings. The van der Waals surface area contributed by atoms with Crippen LogP contribution in [-0.2, 0) is 10.0 Å². The quantitative estimate of drug-likeness (QED) is 0.894. The molecule has 1 aromatic rings. The molecule has 0 spiro atoms. The van der Waals surface area contributed by atoms with Crippen LogP contribution in [0.25, 0.3) is 0 Å².